The van der Waals surface area contributed by atoms with Crippen molar-refractivity contribution in [2.75, 3.05) is 0 Å². The monoisotopic (exact) mass is 304 g/mol. The van der Waals surface area contributed by atoms with Gasteiger partial charge in [-0.1, -0.05) is 81.8 Å². The third-order valence-corrected chi connectivity index (χ3v) is 4.24. The molecule has 0 saturated carbocycles. The topological polar surface area (TPSA) is 0 Å². The van der Waals surface area contributed by atoms with E-state index in [1.54, 1.807) is 0 Å². The molecule has 0 saturated heterocycles. The van der Waals surface area contributed by atoms with Crippen LogP contribution < -0.4 is 0 Å². The molecular weight excluding hydrogens is 276 g/mol. The molecule has 0 heteroatoms. The molecule has 23 heavy (non-hydrogen) atoms. The third-order valence-electron chi connectivity index (χ3n) is 4.24. The Bertz CT molecular complexity index is 810. The summed E-state index contributed by atoms with van der Waals surface area (Å²) in [7, 11) is 0. The molecule has 0 heterocycles. The standard InChI is InChI=1S/C19H16.2C2H6/c1-12-7-8-17-14(9-12)11-15-10-13(2)16-5-3-4-6-18(16)19(15)17;2*1-2/h3-10H,11H2,1-2H3;2*1-2H3. The molecule has 0 aromatic heterocycles. The number of benzene rings is 3. The summed E-state index contributed by atoms with van der Waals surface area (Å²) in [6.07, 6.45) is 1.08. The van der Waals surface area contributed by atoms with Crippen LogP contribution in [0.15, 0.2) is 48.5 Å². The number of hydrogen-bond acceptors (Lipinski definition) is 0. The lowest BCUT2D eigenvalue weighted by molar-refractivity contribution is 1.24. The summed E-state index contributed by atoms with van der Waals surface area (Å²) in [5.41, 5.74) is 8.59. The van der Waals surface area contributed by atoms with Crippen LogP contribution >= 0.6 is 0 Å². The van der Waals surface area contributed by atoms with Crippen molar-refractivity contribution in [3.63, 3.8) is 0 Å². The molecule has 3 aromatic carbocycles. The zero-order chi connectivity index (χ0) is 17.0. The van der Waals surface area contributed by atoms with Crippen LogP contribution in [0.25, 0.3) is 21.9 Å². The second kappa shape index (κ2) is 7.46. The zero-order valence-electron chi connectivity index (χ0n) is 15.3. The van der Waals surface area contributed by atoms with E-state index in [0.717, 1.165) is 6.42 Å². The average Bonchev–Trinajstić information content (AvgIpc) is 2.96. The van der Waals surface area contributed by atoms with Crippen molar-refractivity contribution < 1.29 is 0 Å². The Morgan fingerprint density at radius 2 is 1.35 bits per heavy atom. The number of hydrogen-bond donors (Lipinski definition) is 0. The zero-order valence-corrected chi connectivity index (χ0v) is 15.3. The Kier molecular flexibility index (Phi) is 5.60. The molecular formula is C23H28. The average molecular weight is 304 g/mol. The molecule has 0 amide bonds. The number of aryl methyl sites for hydroxylation is 2. The van der Waals surface area contributed by atoms with E-state index in [4.69, 9.17) is 0 Å². The van der Waals surface area contributed by atoms with Crippen LogP contribution in [0.3, 0.4) is 0 Å². The molecule has 0 bridgehead atoms. The third kappa shape index (κ3) is 3.03. The predicted molar refractivity (Wildman–Crippen MR) is 104 cm³/mol. The summed E-state index contributed by atoms with van der Waals surface area (Å²) >= 11 is 0. The predicted octanol–water partition coefficient (Wildman–Crippen LogP) is 7.08. The lowest BCUT2D eigenvalue weighted by atomic mass is 9.94. The normalized spacial score (nSPS) is 10.9. The Morgan fingerprint density at radius 1 is 0.696 bits per heavy atom. The molecule has 4 rings (SSSR count). The van der Waals surface area contributed by atoms with E-state index >= 15 is 0 Å². The fourth-order valence-corrected chi connectivity index (χ4v) is 3.40. The van der Waals surface area contributed by atoms with Gasteiger partial charge >= 0.3 is 0 Å². The Labute approximate surface area is 141 Å². The maximum Gasteiger partial charge on any atom is -0.00130 e. The van der Waals surface area contributed by atoms with E-state index in [1.807, 2.05) is 27.7 Å². The minimum Gasteiger partial charge on any atom is -0.0683 e. The Hall–Kier alpha value is -2.08. The van der Waals surface area contributed by atoms with Gasteiger partial charge in [0.2, 0.25) is 0 Å². The van der Waals surface area contributed by atoms with Gasteiger partial charge in [-0.3, -0.25) is 0 Å². The summed E-state index contributed by atoms with van der Waals surface area (Å²) in [5, 5.41) is 2.79. The summed E-state index contributed by atoms with van der Waals surface area (Å²) < 4.78 is 0. The van der Waals surface area contributed by atoms with Crippen molar-refractivity contribution in [2.24, 2.45) is 0 Å². The minimum atomic E-state index is 1.08. The molecule has 0 fully saturated rings. The lowest BCUT2D eigenvalue weighted by Crippen LogP contribution is -1.86. The first kappa shape index (κ1) is 17.3. The van der Waals surface area contributed by atoms with Crippen LogP contribution in [0.4, 0.5) is 0 Å². The second-order valence-corrected chi connectivity index (χ2v) is 5.61. The van der Waals surface area contributed by atoms with Crippen LogP contribution in [0.1, 0.15) is 49.9 Å². The van der Waals surface area contributed by atoms with E-state index < -0.39 is 0 Å². The van der Waals surface area contributed by atoms with Gasteiger partial charge in [0.15, 0.2) is 0 Å². The van der Waals surface area contributed by atoms with Gasteiger partial charge in [-0.15, -0.1) is 0 Å². The Balaban J connectivity index is 0.000000448. The van der Waals surface area contributed by atoms with Crippen LogP contribution in [0.5, 0.6) is 0 Å². The van der Waals surface area contributed by atoms with Gasteiger partial charge in [0.05, 0.1) is 0 Å². The van der Waals surface area contributed by atoms with Crippen molar-refractivity contribution in [1.82, 2.24) is 0 Å². The van der Waals surface area contributed by atoms with E-state index in [1.165, 1.54) is 44.2 Å². The van der Waals surface area contributed by atoms with E-state index in [0.29, 0.717) is 0 Å². The van der Waals surface area contributed by atoms with Gasteiger partial charge in [0, 0.05) is 0 Å². The van der Waals surface area contributed by atoms with E-state index in [-0.39, 0.29) is 0 Å². The molecule has 0 radical (unpaired) electrons. The van der Waals surface area contributed by atoms with Crippen molar-refractivity contribution >= 4 is 10.8 Å². The Morgan fingerprint density at radius 3 is 2.04 bits per heavy atom. The maximum absolute atomic E-state index is 2.37. The highest BCUT2D eigenvalue weighted by atomic mass is 14.2. The largest absolute Gasteiger partial charge is 0.0683 e. The van der Waals surface area contributed by atoms with Gasteiger partial charge in [0.1, 0.15) is 0 Å². The van der Waals surface area contributed by atoms with Gasteiger partial charge in [-0.25, -0.2) is 0 Å². The molecule has 1 aliphatic rings. The fourth-order valence-electron chi connectivity index (χ4n) is 3.40. The van der Waals surface area contributed by atoms with E-state index in [2.05, 4.69) is 62.4 Å². The van der Waals surface area contributed by atoms with Crippen molar-refractivity contribution in [2.45, 2.75) is 48.0 Å². The van der Waals surface area contributed by atoms with Crippen molar-refractivity contribution in [3.05, 3.63) is 70.8 Å². The molecule has 0 N–H and O–H groups in total. The van der Waals surface area contributed by atoms with Crippen LogP contribution in [-0.4, -0.2) is 0 Å². The SMILES string of the molecule is CC.CC.Cc1ccc2c(c1)Cc1cc(C)c3ccccc3c1-2. The van der Waals surface area contributed by atoms with Crippen LogP contribution in [0, 0.1) is 13.8 Å². The summed E-state index contributed by atoms with van der Waals surface area (Å²) in [4.78, 5) is 0. The highest BCUT2D eigenvalue weighted by Gasteiger charge is 2.21. The van der Waals surface area contributed by atoms with Gasteiger partial charge in [-0.2, -0.15) is 0 Å². The van der Waals surface area contributed by atoms with Crippen molar-refractivity contribution in [1.29, 1.82) is 0 Å². The van der Waals surface area contributed by atoms with Crippen LogP contribution in [-0.2, 0) is 6.42 Å². The highest BCUT2D eigenvalue weighted by Crippen LogP contribution is 2.42. The van der Waals surface area contributed by atoms with E-state index in [9.17, 15) is 0 Å². The molecule has 0 atom stereocenters. The smallest absolute Gasteiger partial charge is 0.00130 e. The molecule has 0 spiro atoms. The molecule has 0 aliphatic heterocycles. The summed E-state index contributed by atoms with van der Waals surface area (Å²) in [5.74, 6) is 0. The second-order valence-electron chi connectivity index (χ2n) is 5.61. The quantitative estimate of drug-likeness (QED) is 0.325. The molecule has 0 nitrogen and oxygen atoms in total. The summed E-state index contributed by atoms with van der Waals surface area (Å²) in [6, 6.07) is 18.0. The highest BCUT2D eigenvalue weighted by molar-refractivity contribution is 6.02. The maximum atomic E-state index is 2.37. The first-order valence-corrected chi connectivity index (χ1v) is 8.85. The number of fused-ring (bicyclic) bond motifs is 5. The fraction of sp³-hybridized carbons (Fsp3) is 0.304. The first-order chi connectivity index (χ1) is 11.2. The summed E-state index contributed by atoms with van der Waals surface area (Å²) in [6.45, 7) is 12.4. The van der Waals surface area contributed by atoms with Crippen LogP contribution in [0.2, 0.25) is 0 Å². The molecule has 0 unspecified atom stereocenters. The molecule has 1 aliphatic carbocycles. The lowest BCUT2D eigenvalue weighted by Gasteiger charge is -2.09. The van der Waals surface area contributed by atoms with Gasteiger partial charge in [0.25, 0.3) is 0 Å². The number of rotatable bonds is 0. The molecule has 120 valence electrons. The first-order valence-electron chi connectivity index (χ1n) is 8.85. The van der Waals surface area contributed by atoms with Crippen molar-refractivity contribution in [3.8, 4) is 11.1 Å². The minimum absolute atomic E-state index is 1.08. The van der Waals surface area contributed by atoms with Gasteiger partial charge < -0.3 is 0 Å². The van der Waals surface area contributed by atoms with Gasteiger partial charge in [-0.05, 0) is 58.9 Å². The molecule has 3 aromatic rings.